The Hall–Kier alpha value is -2.24. The zero-order chi connectivity index (χ0) is 19.1. The fourth-order valence-electron chi connectivity index (χ4n) is 2.47. The van der Waals surface area contributed by atoms with Crippen LogP contribution < -0.4 is 10.1 Å². The maximum absolute atomic E-state index is 12.8. The summed E-state index contributed by atoms with van der Waals surface area (Å²) in [6.45, 7) is 2.24. The predicted molar refractivity (Wildman–Crippen MR) is 104 cm³/mol. The van der Waals surface area contributed by atoms with Crippen molar-refractivity contribution >= 4 is 40.7 Å². The van der Waals surface area contributed by atoms with E-state index in [1.807, 2.05) is 13.0 Å². The third-order valence-electron chi connectivity index (χ3n) is 3.68. The Morgan fingerprint density at radius 3 is 2.54 bits per heavy atom. The molecule has 0 unspecified atom stereocenters. The molecule has 138 valence electrons. The highest BCUT2D eigenvalue weighted by Gasteiger charge is 2.21. The lowest BCUT2D eigenvalue weighted by Gasteiger charge is -2.22. The lowest BCUT2D eigenvalue weighted by Crippen LogP contribution is -2.38. The second-order valence-corrected chi connectivity index (χ2v) is 6.36. The number of ether oxygens (including phenoxy) is 1. The third-order valence-corrected chi connectivity index (χ3v) is 4.50. The molecule has 0 radical (unpaired) electrons. The third kappa shape index (κ3) is 4.90. The summed E-state index contributed by atoms with van der Waals surface area (Å²) in [5, 5.41) is 3.25. The van der Waals surface area contributed by atoms with E-state index in [-0.39, 0.29) is 28.9 Å². The van der Waals surface area contributed by atoms with Gasteiger partial charge in [-0.1, -0.05) is 48.3 Å². The summed E-state index contributed by atoms with van der Waals surface area (Å²) in [6, 6.07) is 11.9. The van der Waals surface area contributed by atoms with Crippen molar-refractivity contribution in [3.05, 3.63) is 58.1 Å². The summed E-state index contributed by atoms with van der Waals surface area (Å²) in [6.07, 6.45) is 0.700. The van der Waals surface area contributed by atoms with Gasteiger partial charge in [-0.25, -0.2) is 0 Å². The number of anilines is 1. The van der Waals surface area contributed by atoms with Crippen LogP contribution in [0.2, 0.25) is 10.0 Å². The van der Waals surface area contributed by atoms with E-state index in [0.29, 0.717) is 29.4 Å². The van der Waals surface area contributed by atoms with Crippen LogP contribution in [0.25, 0.3) is 0 Å². The zero-order valence-electron chi connectivity index (χ0n) is 14.6. The molecule has 1 N–H and O–H groups in total. The van der Waals surface area contributed by atoms with Crippen LogP contribution in [0, 0.1) is 0 Å². The molecule has 26 heavy (non-hydrogen) atoms. The molecule has 0 aliphatic heterocycles. The summed E-state index contributed by atoms with van der Waals surface area (Å²) < 4.78 is 5.22. The largest absolute Gasteiger partial charge is 0.495 e. The number of hydrogen-bond donors (Lipinski definition) is 1. The van der Waals surface area contributed by atoms with Crippen LogP contribution in [-0.2, 0) is 4.79 Å². The zero-order valence-corrected chi connectivity index (χ0v) is 16.1. The first-order chi connectivity index (χ1) is 12.5. The van der Waals surface area contributed by atoms with Gasteiger partial charge in [-0.2, -0.15) is 0 Å². The predicted octanol–water partition coefficient (Wildman–Crippen LogP) is 4.49. The molecule has 2 rings (SSSR count). The Morgan fingerprint density at radius 1 is 1.12 bits per heavy atom. The fourth-order valence-corrected chi connectivity index (χ4v) is 2.85. The molecule has 0 saturated heterocycles. The van der Waals surface area contributed by atoms with Crippen molar-refractivity contribution < 1.29 is 14.3 Å². The van der Waals surface area contributed by atoms with Gasteiger partial charge in [-0.15, -0.1) is 0 Å². The highest BCUT2D eigenvalue weighted by atomic mass is 35.5. The van der Waals surface area contributed by atoms with Crippen LogP contribution in [0.1, 0.15) is 23.7 Å². The van der Waals surface area contributed by atoms with Crippen molar-refractivity contribution in [1.82, 2.24) is 4.90 Å². The molecule has 0 aliphatic carbocycles. The second-order valence-electron chi connectivity index (χ2n) is 5.58. The van der Waals surface area contributed by atoms with Gasteiger partial charge in [-0.05, 0) is 30.7 Å². The number of halogens is 2. The Bertz CT molecular complexity index is 796. The Balaban J connectivity index is 2.15. The number of benzene rings is 2. The van der Waals surface area contributed by atoms with Gasteiger partial charge in [0.05, 0.1) is 28.4 Å². The highest BCUT2D eigenvalue weighted by molar-refractivity contribution is 6.43. The number of rotatable bonds is 7. The normalized spacial score (nSPS) is 10.3. The summed E-state index contributed by atoms with van der Waals surface area (Å²) in [4.78, 5) is 26.7. The number of para-hydroxylation sites is 2. The Labute approximate surface area is 162 Å². The number of carbonyl (C=O) groups is 2. The van der Waals surface area contributed by atoms with Gasteiger partial charge < -0.3 is 15.0 Å². The average Bonchev–Trinajstić information content (AvgIpc) is 2.63. The van der Waals surface area contributed by atoms with E-state index in [0.717, 1.165) is 0 Å². The van der Waals surface area contributed by atoms with Crippen molar-refractivity contribution in [1.29, 1.82) is 0 Å². The number of nitrogens with zero attached hydrogens (tertiary/aromatic N) is 1. The molecule has 0 spiro atoms. The number of methoxy groups -OCH3 is 1. The van der Waals surface area contributed by atoms with Gasteiger partial charge in [0.25, 0.3) is 5.91 Å². The van der Waals surface area contributed by atoms with Gasteiger partial charge in [-0.3, -0.25) is 9.59 Å². The molecule has 0 aromatic heterocycles. The quantitative estimate of drug-likeness (QED) is 0.752. The summed E-state index contributed by atoms with van der Waals surface area (Å²) in [5.41, 5.74) is 0.822. The Kier molecular flexibility index (Phi) is 7.30. The molecule has 0 heterocycles. The van der Waals surface area contributed by atoms with E-state index < -0.39 is 0 Å². The summed E-state index contributed by atoms with van der Waals surface area (Å²) in [7, 11) is 1.53. The van der Waals surface area contributed by atoms with Gasteiger partial charge in [0.15, 0.2) is 0 Å². The van der Waals surface area contributed by atoms with E-state index in [2.05, 4.69) is 5.32 Å². The minimum atomic E-state index is -0.338. The molecule has 0 atom stereocenters. The lowest BCUT2D eigenvalue weighted by molar-refractivity contribution is -0.116. The Morgan fingerprint density at radius 2 is 1.85 bits per heavy atom. The topological polar surface area (TPSA) is 58.6 Å². The number of nitrogens with one attached hydrogen (secondary N) is 1. The van der Waals surface area contributed by atoms with E-state index in [4.69, 9.17) is 27.9 Å². The average molecular weight is 395 g/mol. The van der Waals surface area contributed by atoms with E-state index in [9.17, 15) is 9.59 Å². The molecular formula is C19H20Cl2N2O3. The van der Waals surface area contributed by atoms with Gasteiger partial charge >= 0.3 is 0 Å². The molecule has 0 fully saturated rings. The van der Waals surface area contributed by atoms with Crippen LogP contribution in [0.3, 0.4) is 0 Å². The van der Waals surface area contributed by atoms with Crippen LogP contribution in [0.5, 0.6) is 5.75 Å². The lowest BCUT2D eigenvalue weighted by atomic mass is 10.2. The number of amides is 2. The molecule has 0 bridgehead atoms. The van der Waals surface area contributed by atoms with Crippen LogP contribution in [-0.4, -0.2) is 36.9 Å². The molecular weight excluding hydrogens is 375 g/mol. The van der Waals surface area contributed by atoms with Gasteiger partial charge in [0.2, 0.25) is 5.91 Å². The van der Waals surface area contributed by atoms with Crippen molar-refractivity contribution in [2.24, 2.45) is 0 Å². The van der Waals surface area contributed by atoms with Gasteiger partial charge in [0.1, 0.15) is 12.3 Å². The minimum absolute atomic E-state index is 0.104. The van der Waals surface area contributed by atoms with Crippen LogP contribution in [0.15, 0.2) is 42.5 Å². The van der Waals surface area contributed by atoms with Crippen LogP contribution in [0.4, 0.5) is 5.69 Å². The smallest absolute Gasteiger partial charge is 0.255 e. The maximum atomic E-state index is 12.8. The van der Waals surface area contributed by atoms with Gasteiger partial charge in [0, 0.05) is 6.54 Å². The number of carbonyl (C=O) groups excluding carboxylic acids is 2. The first-order valence-corrected chi connectivity index (χ1v) is 8.89. The molecule has 2 aromatic rings. The SMILES string of the molecule is CCCN(CC(=O)Nc1ccccc1OC)C(=O)c1cccc(Cl)c1Cl. The van der Waals surface area contributed by atoms with Crippen molar-refractivity contribution in [2.45, 2.75) is 13.3 Å². The molecule has 2 amide bonds. The summed E-state index contributed by atoms with van der Waals surface area (Å²) in [5.74, 6) is -0.115. The monoisotopic (exact) mass is 394 g/mol. The van der Waals surface area contributed by atoms with E-state index >= 15 is 0 Å². The van der Waals surface area contributed by atoms with Crippen molar-refractivity contribution in [3.63, 3.8) is 0 Å². The fraction of sp³-hybridized carbons (Fsp3) is 0.263. The highest BCUT2D eigenvalue weighted by Crippen LogP contribution is 2.27. The van der Waals surface area contributed by atoms with Crippen LogP contribution >= 0.6 is 23.2 Å². The van der Waals surface area contributed by atoms with E-state index in [1.165, 1.54) is 12.0 Å². The molecule has 0 aliphatic rings. The summed E-state index contributed by atoms with van der Waals surface area (Å²) >= 11 is 12.1. The molecule has 5 nitrogen and oxygen atoms in total. The van der Waals surface area contributed by atoms with Crippen molar-refractivity contribution in [3.8, 4) is 5.75 Å². The number of hydrogen-bond acceptors (Lipinski definition) is 3. The maximum Gasteiger partial charge on any atom is 0.255 e. The second kappa shape index (κ2) is 9.46. The molecule has 0 saturated carbocycles. The minimum Gasteiger partial charge on any atom is -0.495 e. The molecule has 7 heteroatoms. The van der Waals surface area contributed by atoms with E-state index in [1.54, 1.807) is 36.4 Å². The standard InChI is InChI=1S/C19H20Cl2N2O3/c1-3-11-23(19(25)13-7-6-8-14(20)18(13)21)12-17(24)22-15-9-4-5-10-16(15)26-2/h4-10H,3,11-12H2,1-2H3,(H,22,24). The van der Waals surface area contributed by atoms with Crippen molar-refractivity contribution in [2.75, 3.05) is 25.5 Å². The molecule has 2 aromatic carbocycles. The first kappa shape index (κ1) is 20.1. The first-order valence-electron chi connectivity index (χ1n) is 8.14.